The Morgan fingerprint density at radius 3 is 2.40 bits per heavy atom. The summed E-state index contributed by atoms with van der Waals surface area (Å²) < 4.78 is 39.9. The zero-order valence-electron chi connectivity index (χ0n) is 11.7. The van der Waals surface area contributed by atoms with Crippen molar-refractivity contribution in [1.82, 2.24) is 4.72 Å². The lowest BCUT2D eigenvalue weighted by atomic mass is 9.84. The van der Waals surface area contributed by atoms with Gasteiger partial charge in [-0.3, -0.25) is 0 Å². The highest BCUT2D eigenvalue weighted by atomic mass is 32.2. The largest absolute Gasteiger partial charge is 0.396 e. The number of aliphatic hydroxyl groups is 1. The number of halogens is 1. The van der Waals surface area contributed by atoms with Gasteiger partial charge in [-0.25, -0.2) is 17.5 Å². The summed E-state index contributed by atoms with van der Waals surface area (Å²) in [5.41, 5.74) is 4.71. The molecule has 0 saturated heterocycles. The number of nitrogens with one attached hydrogen (secondary N) is 1. The Labute approximate surface area is 119 Å². The second-order valence-corrected chi connectivity index (χ2v) is 6.64. The molecule has 20 heavy (non-hydrogen) atoms. The lowest BCUT2D eigenvalue weighted by Crippen LogP contribution is -2.39. The molecule has 0 amide bonds. The van der Waals surface area contributed by atoms with Crippen LogP contribution in [0.25, 0.3) is 0 Å². The van der Waals surface area contributed by atoms with Gasteiger partial charge in [0.15, 0.2) is 0 Å². The molecule has 7 heteroatoms. The average molecular weight is 304 g/mol. The molecule has 1 aromatic carbocycles. The number of anilines is 1. The summed E-state index contributed by atoms with van der Waals surface area (Å²) in [6.07, 6.45) is 1.28. The van der Waals surface area contributed by atoms with Crippen LogP contribution in [-0.2, 0) is 10.0 Å². The number of hydrogen-bond acceptors (Lipinski definition) is 4. The fraction of sp³-hybridized carbons (Fsp3) is 0.538. The summed E-state index contributed by atoms with van der Waals surface area (Å²) >= 11 is 0. The maximum atomic E-state index is 13.3. The minimum absolute atomic E-state index is 0.101. The summed E-state index contributed by atoms with van der Waals surface area (Å²) in [5.74, 6) is -0.771. The molecule has 0 radical (unpaired) electrons. The quantitative estimate of drug-likeness (QED) is 0.665. The fourth-order valence-electron chi connectivity index (χ4n) is 1.79. The van der Waals surface area contributed by atoms with Gasteiger partial charge in [0.05, 0.1) is 10.6 Å². The van der Waals surface area contributed by atoms with Gasteiger partial charge in [-0.2, -0.15) is 0 Å². The number of nitrogen functional groups attached to an aromatic ring is 1. The van der Waals surface area contributed by atoms with Crippen LogP contribution in [0.15, 0.2) is 23.1 Å². The molecular weight excluding hydrogens is 283 g/mol. The Morgan fingerprint density at radius 1 is 1.35 bits per heavy atom. The Hall–Kier alpha value is -1.18. The molecule has 114 valence electrons. The number of rotatable bonds is 7. The van der Waals surface area contributed by atoms with Crippen LogP contribution in [0.1, 0.15) is 26.7 Å². The first-order chi connectivity index (χ1) is 9.30. The lowest BCUT2D eigenvalue weighted by Gasteiger charge is -2.29. The normalized spacial score (nSPS) is 12.6. The van der Waals surface area contributed by atoms with Crippen LogP contribution in [0.3, 0.4) is 0 Å². The molecule has 4 N–H and O–H groups in total. The van der Waals surface area contributed by atoms with Gasteiger partial charge < -0.3 is 10.8 Å². The van der Waals surface area contributed by atoms with E-state index in [-0.39, 0.29) is 23.7 Å². The second-order valence-electron chi connectivity index (χ2n) is 4.87. The van der Waals surface area contributed by atoms with Gasteiger partial charge in [-0.05, 0) is 31.0 Å². The van der Waals surface area contributed by atoms with Gasteiger partial charge in [0.2, 0.25) is 10.0 Å². The molecule has 0 aliphatic heterocycles. The van der Waals surface area contributed by atoms with Crippen LogP contribution in [0.4, 0.5) is 10.1 Å². The molecule has 0 aliphatic carbocycles. The third-order valence-corrected chi connectivity index (χ3v) is 5.15. The zero-order chi connectivity index (χ0) is 15.4. The number of nitrogens with two attached hydrogens (primary N) is 1. The van der Waals surface area contributed by atoms with Gasteiger partial charge in [0.1, 0.15) is 5.82 Å². The molecule has 1 aromatic rings. The smallest absolute Gasteiger partial charge is 0.240 e. The highest BCUT2D eigenvalue weighted by Crippen LogP contribution is 2.25. The Bertz CT molecular complexity index is 548. The van der Waals surface area contributed by atoms with Crippen LogP contribution in [0.5, 0.6) is 0 Å². The zero-order valence-corrected chi connectivity index (χ0v) is 12.5. The third-order valence-electron chi connectivity index (χ3n) is 3.75. The van der Waals surface area contributed by atoms with E-state index in [1.54, 1.807) is 0 Å². The second kappa shape index (κ2) is 6.51. The minimum Gasteiger partial charge on any atom is -0.396 e. The van der Waals surface area contributed by atoms with E-state index in [0.717, 1.165) is 6.07 Å². The van der Waals surface area contributed by atoms with Crippen molar-refractivity contribution < 1.29 is 17.9 Å². The van der Waals surface area contributed by atoms with Crippen LogP contribution >= 0.6 is 0 Å². The van der Waals surface area contributed by atoms with Gasteiger partial charge in [0.25, 0.3) is 0 Å². The number of benzene rings is 1. The Kier molecular flexibility index (Phi) is 5.50. The molecule has 0 spiro atoms. The molecule has 0 heterocycles. The summed E-state index contributed by atoms with van der Waals surface area (Å²) in [7, 11) is -3.82. The lowest BCUT2D eigenvalue weighted by molar-refractivity contribution is 0.119. The summed E-state index contributed by atoms with van der Waals surface area (Å²) in [6, 6.07) is 3.35. The van der Waals surface area contributed by atoms with E-state index in [2.05, 4.69) is 4.72 Å². The molecule has 1 rings (SSSR count). The van der Waals surface area contributed by atoms with Crippen LogP contribution in [0, 0.1) is 11.2 Å². The van der Waals surface area contributed by atoms with E-state index in [1.807, 2.05) is 13.8 Å². The van der Waals surface area contributed by atoms with Crippen molar-refractivity contribution in [3.05, 3.63) is 24.0 Å². The minimum atomic E-state index is -3.82. The Morgan fingerprint density at radius 2 is 1.95 bits per heavy atom. The Balaban J connectivity index is 2.92. The maximum Gasteiger partial charge on any atom is 0.240 e. The predicted molar refractivity (Wildman–Crippen MR) is 76.1 cm³/mol. The summed E-state index contributed by atoms with van der Waals surface area (Å²) in [4.78, 5) is -0.178. The van der Waals surface area contributed by atoms with Gasteiger partial charge in [-0.15, -0.1) is 0 Å². The van der Waals surface area contributed by atoms with Crippen molar-refractivity contribution in [2.75, 3.05) is 18.9 Å². The average Bonchev–Trinajstić information content (AvgIpc) is 2.44. The van der Waals surface area contributed by atoms with Gasteiger partial charge in [0, 0.05) is 18.6 Å². The summed E-state index contributed by atoms with van der Waals surface area (Å²) in [6.45, 7) is 3.76. The van der Waals surface area contributed by atoms with E-state index >= 15 is 0 Å². The number of sulfonamides is 1. The standard InChI is InChI=1S/C13H21FN2O3S/c1-3-13(4-2,9-17)8-16-20(18,19)10-5-6-12(15)11(14)7-10/h5-7,16-17H,3-4,8-9,15H2,1-2H3. The number of aliphatic hydroxyl groups excluding tert-OH is 1. The molecule has 0 aliphatic rings. The molecule has 0 fully saturated rings. The van der Waals surface area contributed by atoms with Crippen LogP contribution in [-0.4, -0.2) is 26.7 Å². The van der Waals surface area contributed by atoms with Crippen LogP contribution in [0.2, 0.25) is 0 Å². The van der Waals surface area contributed by atoms with Gasteiger partial charge in [-0.1, -0.05) is 13.8 Å². The van der Waals surface area contributed by atoms with Crippen molar-refractivity contribution in [1.29, 1.82) is 0 Å². The topological polar surface area (TPSA) is 92.4 Å². The molecular formula is C13H21FN2O3S. The van der Waals surface area contributed by atoms with Crippen molar-refractivity contribution in [2.24, 2.45) is 5.41 Å². The molecule has 0 aromatic heterocycles. The summed E-state index contributed by atoms with van der Waals surface area (Å²) in [5, 5.41) is 9.41. The predicted octanol–water partition coefficient (Wildman–Crippen LogP) is 1.48. The van der Waals surface area contributed by atoms with E-state index < -0.39 is 21.3 Å². The van der Waals surface area contributed by atoms with Crippen LogP contribution < -0.4 is 10.5 Å². The third kappa shape index (κ3) is 3.68. The molecule has 0 bridgehead atoms. The first kappa shape index (κ1) is 16.9. The SMILES string of the molecule is CCC(CC)(CO)CNS(=O)(=O)c1ccc(N)c(F)c1. The van der Waals surface area contributed by atoms with E-state index in [1.165, 1.54) is 12.1 Å². The van der Waals surface area contributed by atoms with Gasteiger partial charge >= 0.3 is 0 Å². The molecule has 0 saturated carbocycles. The molecule has 0 unspecified atom stereocenters. The van der Waals surface area contributed by atoms with Crippen molar-refractivity contribution in [3.8, 4) is 0 Å². The first-order valence-corrected chi connectivity index (χ1v) is 7.94. The highest BCUT2D eigenvalue weighted by molar-refractivity contribution is 7.89. The van der Waals surface area contributed by atoms with E-state index in [4.69, 9.17) is 5.73 Å². The maximum absolute atomic E-state index is 13.3. The first-order valence-electron chi connectivity index (χ1n) is 6.46. The molecule has 0 atom stereocenters. The van der Waals surface area contributed by atoms with E-state index in [0.29, 0.717) is 12.8 Å². The monoisotopic (exact) mass is 304 g/mol. The highest BCUT2D eigenvalue weighted by Gasteiger charge is 2.28. The number of hydrogen-bond donors (Lipinski definition) is 3. The van der Waals surface area contributed by atoms with E-state index in [9.17, 15) is 17.9 Å². The van der Waals surface area contributed by atoms with Crippen molar-refractivity contribution in [2.45, 2.75) is 31.6 Å². The fourth-order valence-corrected chi connectivity index (χ4v) is 2.95. The van der Waals surface area contributed by atoms with Crippen molar-refractivity contribution >= 4 is 15.7 Å². The molecule has 5 nitrogen and oxygen atoms in total. The van der Waals surface area contributed by atoms with Crippen molar-refractivity contribution in [3.63, 3.8) is 0 Å².